The van der Waals surface area contributed by atoms with Crippen molar-refractivity contribution in [3.63, 3.8) is 0 Å². The van der Waals surface area contributed by atoms with Gasteiger partial charge in [0, 0.05) is 0 Å². The van der Waals surface area contributed by atoms with E-state index >= 15 is 0 Å². The van der Waals surface area contributed by atoms with Gasteiger partial charge in [0.25, 0.3) is 0 Å². The lowest BCUT2D eigenvalue weighted by Crippen LogP contribution is -2.38. The van der Waals surface area contributed by atoms with Crippen LogP contribution in [0.2, 0.25) is 0 Å². The van der Waals surface area contributed by atoms with Crippen LogP contribution in [-0.4, -0.2) is 11.9 Å². The molecule has 1 aromatic rings. The van der Waals surface area contributed by atoms with Crippen LogP contribution in [0.1, 0.15) is 17.9 Å². The number of imide groups is 1. The van der Waals surface area contributed by atoms with Gasteiger partial charge in [-0.25, -0.2) is 4.79 Å². The van der Waals surface area contributed by atoms with E-state index in [-0.39, 0.29) is 0 Å². The lowest BCUT2D eigenvalue weighted by atomic mass is 9.95. The zero-order valence-electron chi connectivity index (χ0n) is 8.85. The highest BCUT2D eigenvalue weighted by atomic mass is 16.2. The summed E-state index contributed by atoms with van der Waals surface area (Å²) in [4.78, 5) is 22.3. The van der Waals surface area contributed by atoms with Gasteiger partial charge in [0.15, 0.2) is 0 Å². The highest BCUT2D eigenvalue weighted by Gasteiger charge is 2.19. The number of carbonyl (C=O) groups excluding carboxylic acids is 2. The second-order valence-corrected chi connectivity index (χ2v) is 3.34. The summed E-state index contributed by atoms with van der Waals surface area (Å²) < 4.78 is 0. The number of hydrogen-bond acceptors (Lipinski definition) is 2. The van der Waals surface area contributed by atoms with Crippen LogP contribution in [0.5, 0.6) is 0 Å². The van der Waals surface area contributed by atoms with Gasteiger partial charge in [-0.15, -0.1) is 6.58 Å². The molecule has 1 rings (SSSR count). The molecule has 0 unspecified atom stereocenters. The van der Waals surface area contributed by atoms with Gasteiger partial charge in [-0.3, -0.25) is 10.1 Å². The first-order valence-corrected chi connectivity index (χ1v) is 4.91. The average molecular weight is 218 g/mol. The Morgan fingerprint density at radius 3 is 2.50 bits per heavy atom. The number of amides is 3. The lowest BCUT2D eigenvalue weighted by Gasteiger charge is -2.13. The van der Waals surface area contributed by atoms with Crippen LogP contribution >= 0.6 is 0 Å². The van der Waals surface area contributed by atoms with E-state index in [0.29, 0.717) is 6.42 Å². The first-order valence-electron chi connectivity index (χ1n) is 4.91. The van der Waals surface area contributed by atoms with Crippen LogP contribution in [0.15, 0.2) is 43.0 Å². The third-order valence-electron chi connectivity index (χ3n) is 2.17. The number of allylic oxidation sites excluding steroid dienone is 1. The zero-order valence-corrected chi connectivity index (χ0v) is 8.85. The molecule has 0 saturated heterocycles. The van der Waals surface area contributed by atoms with Crippen molar-refractivity contribution < 1.29 is 9.59 Å². The smallest absolute Gasteiger partial charge is 0.318 e. The first-order chi connectivity index (χ1) is 7.65. The van der Waals surface area contributed by atoms with Crippen LogP contribution in [0.4, 0.5) is 4.79 Å². The summed E-state index contributed by atoms with van der Waals surface area (Å²) in [7, 11) is 0. The van der Waals surface area contributed by atoms with Gasteiger partial charge < -0.3 is 5.73 Å². The van der Waals surface area contributed by atoms with Crippen molar-refractivity contribution in [1.82, 2.24) is 5.32 Å². The van der Waals surface area contributed by atoms with Gasteiger partial charge in [0.1, 0.15) is 0 Å². The Bertz CT molecular complexity index is 387. The molecular weight excluding hydrogens is 204 g/mol. The molecule has 3 N–H and O–H groups in total. The normalized spacial score (nSPS) is 11.5. The summed E-state index contributed by atoms with van der Waals surface area (Å²) in [5, 5.41) is 2.08. The van der Waals surface area contributed by atoms with Crippen molar-refractivity contribution in [1.29, 1.82) is 0 Å². The van der Waals surface area contributed by atoms with Crippen LogP contribution < -0.4 is 11.1 Å². The van der Waals surface area contributed by atoms with Crippen LogP contribution in [-0.2, 0) is 4.79 Å². The maximum Gasteiger partial charge on any atom is 0.318 e. The largest absolute Gasteiger partial charge is 0.351 e. The number of primary amides is 1. The number of urea groups is 1. The number of carbonyl (C=O) groups is 2. The number of nitrogens with two attached hydrogens (primary N) is 1. The molecule has 0 aliphatic carbocycles. The topological polar surface area (TPSA) is 72.2 Å². The Kier molecular flexibility index (Phi) is 4.27. The lowest BCUT2D eigenvalue weighted by molar-refractivity contribution is -0.121. The molecule has 16 heavy (non-hydrogen) atoms. The Morgan fingerprint density at radius 2 is 2.00 bits per heavy atom. The van der Waals surface area contributed by atoms with Gasteiger partial charge in [0.2, 0.25) is 5.91 Å². The third kappa shape index (κ3) is 3.24. The molecule has 4 nitrogen and oxygen atoms in total. The van der Waals surface area contributed by atoms with E-state index < -0.39 is 17.9 Å². The number of rotatable bonds is 4. The predicted octanol–water partition coefficient (Wildman–Crippen LogP) is 1.54. The minimum absolute atomic E-state index is 0.404. The molecule has 0 heterocycles. The summed E-state index contributed by atoms with van der Waals surface area (Å²) in [5.41, 5.74) is 5.74. The summed E-state index contributed by atoms with van der Waals surface area (Å²) in [5.74, 6) is -0.829. The fourth-order valence-corrected chi connectivity index (χ4v) is 1.46. The summed E-state index contributed by atoms with van der Waals surface area (Å²) in [6.07, 6.45) is 2.10. The van der Waals surface area contributed by atoms with Gasteiger partial charge >= 0.3 is 6.03 Å². The number of hydrogen-bond donors (Lipinski definition) is 2. The molecule has 0 bridgehead atoms. The van der Waals surface area contributed by atoms with E-state index in [1.54, 1.807) is 6.08 Å². The summed E-state index contributed by atoms with van der Waals surface area (Å²) in [6.45, 7) is 3.59. The molecule has 1 aromatic carbocycles. The van der Waals surface area contributed by atoms with E-state index in [0.717, 1.165) is 5.56 Å². The van der Waals surface area contributed by atoms with E-state index in [1.807, 2.05) is 30.3 Å². The van der Waals surface area contributed by atoms with E-state index in [1.165, 1.54) is 0 Å². The van der Waals surface area contributed by atoms with Crippen LogP contribution in [0.25, 0.3) is 0 Å². The van der Waals surface area contributed by atoms with Crippen molar-refractivity contribution in [2.24, 2.45) is 5.73 Å². The van der Waals surface area contributed by atoms with E-state index in [2.05, 4.69) is 11.9 Å². The Hall–Kier alpha value is -2.10. The zero-order chi connectivity index (χ0) is 12.0. The quantitative estimate of drug-likeness (QED) is 0.752. The van der Waals surface area contributed by atoms with E-state index in [4.69, 9.17) is 5.73 Å². The van der Waals surface area contributed by atoms with Crippen LogP contribution in [0.3, 0.4) is 0 Å². The second-order valence-electron chi connectivity index (χ2n) is 3.34. The third-order valence-corrected chi connectivity index (χ3v) is 2.17. The Balaban J connectivity index is 2.86. The van der Waals surface area contributed by atoms with E-state index in [9.17, 15) is 9.59 Å². The molecule has 1 atom stereocenters. The fraction of sp³-hybridized carbons (Fsp3) is 0.167. The Labute approximate surface area is 94.1 Å². The highest BCUT2D eigenvalue weighted by molar-refractivity contribution is 5.97. The van der Waals surface area contributed by atoms with Crippen molar-refractivity contribution in [2.75, 3.05) is 0 Å². The van der Waals surface area contributed by atoms with Crippen molar-refractivity contribution >= 4 is 11.9 Å². The molecule has 84 valence electrons. The molecular formula is C12H14N2O2. The van der Waals surface area contributed by atoms with Crippen molar-refractivity contribution in [3.8, 4) is 0 Å². The SMILES string of the molecule is C=CC[C@H](C(=O)NC(N)=O)c1ccccc1. The van der Waals surface area contributed by atoms with Crippen molar-refractivity contribution in [3.05, 3.63) is 48.6 Å². The molecule has 0 aliphatic rings. The van der Waals surface area contributed by atoms with Gasteiger partial charge in [0.05, 0.1) is 5.92 Å². The molecule has 0 aromatic heterocycles. The monoisotopic (exact) mass is 218 g/mol. The van der Waals surface area contributed by atoms with Gasteiger partial charge in [-0.05, 0) is 12.0 Å². The number of nitrogens with one attached hydrogen (secondary N) is 1. The summed E-state index contributed by atoms with van der Waals surface area (Å²) >= 11 is 0. The molecule has 4 heteroatoms. The maximum absolute atomic E-state index is 11.7. The maximum atomic E-state index is 11.7. The fourth-order valence-electron chi connectivity index (χ4n) is 1.46. The predicted molar refractivity (Wildman–Crippen MR) is 61.7 cm³/mol. The molecule has 0 saturated carbocycles. The molecule has 3 amide bonds. The summed E-state index contributed by atoms with van der Waals surface area (Å²) in [6, 6.07) is 8.35. The standard InChI is InChI=1S/C12H14N2O2/c1-2-6-10(11(15)14-12(13)16)9-7-4-3-5-8-9/h2-5,7-8,10H,1,6H2,(H3,13,14,15,16)/t10-/m0/s1. The van der Waals surface area contributed by atoms with Gasteiger partial charge in [-0.2, -0.15) is 0 Å². The minimum atomic E-state index is -0.838. The minimum Gasteiger partial charge on any atom is -0.351 e. The molecule has 0 fully saturated rings. The molecule has 0 radical (unpaired) electrons. The first kappa shape index (κ1) is 12.0. The molecule has 0 spiro atoms. The number of benzene rings is 1. The molecule has 0 aliphatic heterocycles. The van der Waals surface area contributed by atoms with Crippen LogP contribution in [0, 0.1) is 0 Å². The Morgan fingerprint density at radius 1 is 1.38 bits per heavy atom. The average Bonchev–Trinajstić information content (AvgIpc) is 2.26. The second kappa shape index (κ2) is 5.70. The highest BCUT2D eigenvalue weighted by Crippen LogP contribution is 2.19. The van der Waals surface area contributed by atoms with Gasteiger partial charge in [-0.1, -0.05) is 36.4 Å². The van der Waals surface area contributed by atoms with Crippen molar-refractivity contribution in [2.45, 2.75) is 12.3 Å².